The van der Waals surface area contributed by atoms with Gasteiger partial charge in [0.15, 0.2) is 0 Å². The molecule has 0 aromatic heterocycles. The molecule has 1 aliphatic heterocycles. The number of carbonyl (C=O) groups is 2. The fourth-order valence-corrected chi connectivity index (χ4v) is 3.74. The maximum atomic E-state index is 13.3. The molecule has 1 saturated heterocycles. The number of hydrogen-bond acceptors (Lipinski definition) is 4. The average Bonchev–Trinajstić information content (AvgIpc) is 2.87. The van der Waals surface area contributed by atoms with E-state index in [1.807, 2.05) is 6.07 Å². The van der Waals surface area contributed by atoms with E-state index in [1.165, 1.54) is 17.0 Å². The third kappa shape index (κ3) is 4.16. The summed E-state index contributed by atoms with van der Waals surface area (Å²) >= 11 is 4.31. The molecule has 1 heterocycles. The van der Waals surface area contributed by atoms with Gasteiger partial charge >= 0.3 is 0 Å². The third-order valence-electron chi connectivity index (χ3n) is 3.73. The van der Waals surface area contributed by atoms with E-state index < -0.39 is 0 Å². The van der Waals surface area contributed by atoms with Gasteiger partial charge in [0, 0.05) is 16.6 Å². The number of likely N-dealkylation sites (N-methyl/N-ethyl adjacent to an activating group) is 1. The van der Waals surface area contributed by atoms with Gasteiger partial charge in [-0.3, -0.25) is 14.5 Å². The quantitative estimate of drug-likeness (QED) is 0.603. The van der Waals surface area contributed by atoms with E-state index >= 15 is 0 Å². The van der Waals surface area contributed by atoms with Gasteiger partial charge in [-0.2, -0.15) is 0 Å². The standard InChI is InChI=1S/C19H15BrFNO3S/c1-2-22-18(23)17(26-19(22)24)10-13-9-14(20)6-7-16(13)25-11-12-4-3-5-15(21)8-12/h3-10H,2,11H2,1H3. The zero-order valence-corrected chi connectivity index (χ0v) is 16.3. The van der Waals surface area contributed by atoms with Crippen LogP contribution in [0.25, 0.3) is 6.08 Å². The SMILES string of the molecule is CCN1C(=O)SC(=Cc2cc(Br)ccc2OCc2cccc(F)c2)C1=O. The molecule has 0 unspecified atom stereocenters. The molecule has 2 aromatic rings. The Balaban J connectivity index is 1.86. The molecule has 2 aromatic carbocycles. The summed E-state index contributed by atoms with van der Waals surface area (Å²) in [5.74, 6) is -0.0883. The van der Waals surface area contributed by atoms with Crippen LogP contribution in [-0.4, -0.2) is 22.6 Å². The smallest absolute Gasteiger partial charge is 0.293 e. The second-order valence-corrected chi connectivity index (χ2v) is 7.44. The highest BCUT2D eigenvalue weighted by atomic mass is 79.9. The zero-order chi connectivity index (χ0) is 18.7. The minimum absolute atomic E-state index is 0.191. The maximum absolute atomic E-state index is 13.3. The van der Waals surface area contributed by atoms with E-state index in [-0.39, 0.29) is 23.6 Å². The number of imide groups is 1. The molecule has 7 heteroatoms. The van der Waals surface area contributed by atoms with Crippen LogP contribution in [0, 0.1) is 5.82 Å². The summed E-state index contributed by atoms with van der Waals surface area (Å²) in [7, 11) is 0. The lowest BCUT2D eigenvalue weighted by Gasteiger charge is -2.11. The number of rotatable bonds is 5. The van der Waals surface area contributed by atoms with Crippen molar-refractivity contribution in [1.82, 2.24) is 4.90 Å². The number of amides is 2. The number of thioether (sulfide) groups is 1. The summed E-state index contributed by atoms with van der Waals surface area (Å²) in [4.78, 5) is 25.7. The van der Waals surface area contributed by atoms with Crippen molar-refractivity contribution in [1.29, 1.82) is 0 Å². The van der Waals surface area contributed by atoms with Crippen LogP contribution < -0.4 is 4.74 Å². The number of ether oxygens (including phenoxy) is 1. The normalized spacial score (nSPS) is 15.8. The molecule has 0 bridgehead atoms. The Kier molecular flexibility index (Phi) is 5.78. The molecule has 0 spiro atoms. The van der Waals surface area contributed by atoms with Gasteiger partial charge in [0.25, 0.3) is 11.1 Å². The second kappa shape index (κ2) is 8.05. The number of halogens is 2. The van der Waals surface area contributed by atoms with Gasteiger partial charge in [-0.15, -0.1) is 0 Å². The van der Waals surface area contributed by atoms with Crippen LogP contribution in [0.3, 0.4) is 0 Å². The predicted octanol–water partition coefficient (Wildman–Crippen LogP) is 5.22. The Morgan fingerprint density at radius 1 is 1.23 bits per heavy atom. The van der Waals surface area contributed by atoms with Gasteiger partial charge in [0.05, 0.1) is 4.91 Å². The second-order valence-electron chi connectivity index (χ2n) is 5.53. The summed E-state index contributed by atoms with van der Waals surface area (Å²) < 4.78 is 19.9. The Morgan fingerprint density at radius 3 is 2.73 bits per heavy atom. The summed E-state index contributed by atoms with van der Waals surface area (Å²) in [5, 5.41) is -0.277. The molecular formula is C19H15BrFNO3S. The first-order valence-electron chi connectivity index (χ1n) is 7.90. The van der Waals surface area contributed by atoms with Crippen LogP contribution in [0.4, 0.5) is 9.18 Å². The molecule has 0 N–H and O–H groups in total. The van der Waals surface area contributed by atoms with Crippen LogP contribution in [0.1, 0.15) is 18.1 Å². The Labute approximate surface area is 163 Å². The molecule has 0 atom stereocenters. The fourth-order valence-electron chi connectivity index (χ4n) is 2.47. The monoisotopic (exact) mass is 435 g/mol. The lowest BCUT2D eigenvalue weighted by Crippen LogP contribution is -2.27. The zero-order valence-electron chi connectivity index (χ0n) is 13.9. The van der Waals surface area contributed by atoms with Gasteiger partial charge < -0.3 is 4.74 Å². The van der Waals surface area contributed by atoms with Crippen LogP contribution in [0.5, 0.6) is 5.75 Å². The van der Waals surface area contributed by atoms with Gasteiger partial charge in [-0.05, 0) is 60.7 Å². The highest BCUT2D eigenvalue weighted by molar-refractivity contribution is 9.10. The lowest BCUT2D eigenvalue weighted by molar-refractivity contribution is -0.122. The first-order chi connectivity index (χ1) is 12.5. The van der Waals surface area contributed by atoms with Crippen molar-refractivity contribution in [3.05, 3.63) is 68.8 Å². The first-order valence-corrected chi connectivity index (χ1v) is 9.51. The molecule has 4 nitrogen and oxygen atoms in total. The highest BCUT2D eigenvalue weighted by Gasteiger charge is 2.33. The van der Waals surface area contributed by atoms with Gasteiger partial charge in [0.2, 0.25) is 0 Å². The summed E-state index contributed by atoms with van der Waals surface area (Å²) in [6, 6.07) is 11.6. The van der Waals surface area contributed by atoms with E-state index in [1.54, 1.807) is 37.3 Å². The van der Waals surface area contributed by atoms with Crippen molar-refractivity contribution < 1.29 is 18.7 Å². The van der Waals surface area contributed by atoms with Crippen molar-refractivity contribution in [3.8, 4) is 5.75 Å². The van der Waals surface area contributed by atoms with Crippen LogP contribution in [0.15, 0.2) is 51.8 Å². The van der Waals surface area contributed by atoms with Gasteiger partial charge in [-0.1, -0.05) is 28.1 Å². The van der Waals surface area contributed by atoms with E-state index in [9.17, 15) is 14.0 Å². The van der Waals surface area contributed by atoms with Crippen molar-refractivity contribution in [3.63, 3.8) is 0 Å². The molecule has 0 aliphatic carbocycles. The van der Waals surface area contributed by atoms with Crippen molar-refractivity contribution in [2.45, 2.75) is 13.5 Å². The van der Waals surface area contributed by atoms with Gasteiger partial charge in [0.1, 0.15) is 18.2 Å². The number of nitrogens with zero attached hydrogens (tertiary/aromatic N) is 1. The summed E-state index contributed by atoms with van der Waals surface area (Å²) in [6.45, 7) is 2.28. The minimum atomic E-state index is -0.324. The Bertz CT molecular complexity index is 900. The maximum Gasteiger partial charge on any atom is 0.293 e. The molecular weight excluding hydrogens is 421 g/mol. The molecule has 26 heavy (non-hydrogen) atoms. The van der Waals surface area contributed by atoms with E-state index in [2.05, 4.69) is 15.9 Å². The van der Waals surface area contributed by atoms with Crippen LogP contribution >= 0.6 is 27.7 Å². The Hall–Kier alpha value is -2.12. The molecule has 2 amide bonds. The topological polar surface area (TPSA) is 46.6 Å². The van der Waals surface area contributed by atoms with Crippen LogP contribution in [-0.2, 0) is 11.4 Å². The number of carbonyl (C=O) groups excluding carboxylic acids is 2. The average molecular weight is 436 g/mol. The Morgan fingerprint density at radius 2 is 2.04 bits per heavy atom. The molecule has 134 valence electrons. The highest BCUT2D eigenvalue weighted by Crippen LogP contribution is 2.34. The third-order valence-corrected chi connectivity index (χ3v) is 5.13. The molecule has 1 fully saturated rings. The largest absolute Gasteiger partial charge is 0.488 e. The van der Waals surface area contributed by atoms with Gasteiger partial charge in [-0.25, -0.2) is 4.39 Å². The predicted molar refractivity (Wildman–Crippen MR) is 103 cm³/mol. The molecule has 1 aliphatic rings. The number of benzene rings is 2. The van der Waals surface area contributed by atoms with Crippen molar-refractivity contribution in [2.75, 3.05) is 6.54 Å². The molecule has 0 saturated carbocycles. The number of hydrogen-bond donors (Lipinski definition) is 0. The first kappa shape index (κ1) is 18.7. The van der Waals surface area contributed by atoms with Crippen molar-refractivity contribution in [2.24, 2.45) is 0 Å². The van der Waals surface area contributed by atoms with E-state index in [0.717, 1.165) is 16.2 Å². The summed E-state index contributed by atoms with van der Waals surface area (Å²) in [6.07, 6.45) is 1.65. The molecule has 3 rings (SSSR count). The van der Waals surface area contributed by atoms with E-state index in [4.69, 9.17) is 4.74 Å². The lowest BCUT2D eigenvalue weighted by atomic mass is 10.1. The van der Waals surface area contributed by atoms with Crippen LogP contribution in [0.2, 0.25) is 0 Å². The summed E-state index contributed by atoms with van der Waals surface area (Å²) in [5.41, 5.74) is 1.36. The van der Waals surface area contributed by atoms with Crippen molar-refractivity contribution >= 4 is 44.9 Å². The van der Waals surface area contributed by atoms with E-state index in [0.29, 0.717) is 28.3 Å². The minimum Gasteiger partial charge on any atom is -0.488 e. The molecule has 0 radical (unpaired) electrons. The fraction of sp³-hybridized carbons (Fsp3) is 0.158.